The van der Waals surface area contributed by atoms with Crippen LogP contribution in [0.15, 0.2) is 18.2 Å². The van der Waals surface area contributed by atoms with Crippen LogP contribution in [0.3, 0.4) is 0 Å². The average Bonchev–Trinajstić information content (AvgIpc) is 0.822. The van der Waals surface area contributed by atoms with Crippen molar-refractivity contribution in [2.75, 3.05) is 78.8 Å². The SMILES string of the molecule is CCC1OC(OCCCCC(=O)NCCCC[C@H](NC(=O)CCCCOC2OC(CC)C(C)C(C)C2NC(C)=O)C(=O)NCCNC(=O)c2cc(OCCCCCNC(=O)CCCCCCCCCCC(=O)O)cc(C(=O)NCCNC(=O)[C@H](CCCCNC(=O)CCCCOC3OC(CC)C(C)C(C)C3NC(C)=O)NC(=O)CCCCOC3OC(CC)C(C)C(C)C3NC(C)=O)c2)C(NC(C)=O)C(C)C1C. The Hall–Kier alpha value is -8.72. The van der Waals surface area contributed by atoms with Crippen molar-refractivity contribution < 1.29 is 115 Å². The molecule has 37 heteroatoms. The van der Waals surface area contributed by atoms with Gasteiger partial charge >= 0.3 is 5.97 Å². The highest BCUT2D eigenvalue weighted by molar-refractivity contribution is 6.00. The van der Waals surface area contributed by atoms with Gasteiger partial charge in [0.1, 0.15) is 17.8 Å². The van der Waals surface area contributed by atoms with E-state index in [9.17, 15) is 67.1 Å². The summed E-state index contributed by atoms with van der Waals surface area (Å²) in [6.45, 7) is 33.0. The smallest absolute Gasteiger partial charge is 0.303 e. The molecular formula is C105H181N13O24. The first kappa shape index (κ1) is 124. The summed E-state index contributed by atoms with van der Waals surface area (Å²) >= 11 is 0. The van der Waals surface area contributed by atoms with Crippen molar-refractivity contribution >= 4 is 82.8 Å². The first-order chi connectivity index (χ1) is 68.0. The molecule has 1 aromatic rings. The quantitative estimate of drug-likeness (QED) is 0.0269. The lowest BCUT2D eigenvalue weighted by Gasteiger charge is -2.44. The first-order valence-electron chi connectivity index (χ1n) is 53.7. The van der Waals surface area contributed by atoms with Crippen molar-refractivity contribution in [2.24, 2.45) is 47.3 Å². The lowest BCUT2D eigenvalue weighted by molar-refractivity contribution is -0.236. The van der Waals surface area contributed by atoms with Crippen LogP contribution >= 0.6 is 0 Å². The molecule has 4 heterocycles. The second kappa shape index (κ2) is 70.1. The Morgan fingerprint density at radius 1 is 0.296 bits per heavy atom. The molecule has 0 spiro atoms. The summed E-state index contributed by atoms with van der Waals surface area (Å²) in [6.07, 6.45) is 17.3. The van der Waals surface area contributed by atoms with Crippen molar-refractivity contribution in [1.29, 1.82) is 0 Å². The monoisotopic (exact) mass is 2010 g/mol. The van der Waals surface area contributed by atoms with Crippen molar-refractivity contribution in [1.82, 2.24) is 69.1 Å². The van der Waals surface area contributed by atoms with Crippen LogP contribution < -0.4 is 73.9 Å². The molecule has 142 heavy (non-hydrogen) atoms. The van der Waals surface area contributed by atoms with Crippen LogP contribution in [0.25, 0.3) is 0 Å². The van der Waals surface area contributed by atoms with Gasteiger partial charge in [0, 0.05) is 150 Å². The molecule has 4 aliphatic heterocycles. The molecule has 37 nitrogen and oxygen atoms in total. The van der Waals surface area contributed by atoms with Gasteiger partial charge in [0.2, 0.25) is 65.0 Å². The zero-order valence-electron chi connectivity index (χ0n) is 88.5. The summed E-state index contributed by atoms with van der Waals surface area (Å²) < 4.78 is 56.2. The molecule has 0 radical (unpaired) electrons. The zero-order valence-corrected chi connectivity index (χ0v) is 88.5. The summed E-state index contributed by atoms with van der Waals surface area (Å²) in [5, 5.41) is 47.0. The average molecular weight is 2010 g/mol. The number of hydrogen-bond donors (Lipinski definition) is 14. The molecule has 20 unspecified atom stereocenters. The fourth-order valence-corrected chi connectivity index (χ4v) is 19.0. The summed E-state index contributed by atoms with van der Waals surface area (Å²) in [6, 6.07) is 1.06. The summed E-state index contributed by atoms with van der Waals surface area (Å²) in [5.41, 5.74) is 0.100. The van der Waals surface area contributed by atoms with E-state index >= 15 is 0 Å². The third kappa shape index (κ3) is 47.6. The fraction of sp³-hybridized carbons (Fsp3) is 0.810. The van der Waals surface area contributed by atoms with Gasteiger partial charge in [-0.15, -0.1) is 0 Å². The Morgan fingerprint density at radius 3 is 0.852 bits per heavy atom. The number of rotatable bonds is 72. The van der Waals surface area contributed by atoms with Gasteiger partial charge in [-0.3, -0.25) is 67.1 Å². The van der Waals surface area contributed by atoms with Crippen LogP contribution in [0.2, 0.25) is 0 Å². The van der Waals surface area contributed by atoms with Gasteiger partial charge in [0.15, 0.2) is 25.2 Å². The normalized spacial score (nSPS) is 24.6. The Labute approximate surface area is 845 Å². The highest BCUT2D eigenvalue weighted by Gasteiger charge is 2.46. The minimum Gasteiger partial charge on any atom is -0.494 e. The Morgan fingerprint density at radius 2 is 0.556 bits per heavy atom. The minimum absolute atomic E-state index is 0.0136. The molecule has 4 fully saturated rings. The number of carbonyl (C=O) groups is 14. The molecule has 0 bridgehead atoms. The van der Waals surface area contributed by atoms with Gasteiger partial charge in [0.05, 0.1) is 55.2 Å². The van der Waals surface area contributed by atoms with Gasteiger partial charge in [0.25, 0.3) is 11.8 Å². The number of nitrogens with one attached hydrogen (secondary N) is 13. The third-order valence-electron chi connectivity index (χ3n) is 28.3. The van der Waals surface area contributed by atoms with Gasteiger partial charge in [-0.2, -0.15) is 0 Å². The molecule has 4 aliphatic rings. The van der Waals surface area contributed by atoms with Gasteiger partial charge < -0.3 is 117 Å². The van der Waals surface area contributed by atoms with Crippen LogP contribution in [0.4, 0.5) is 0 Å². The summed E-state index contributed by atoms with van der Waals surface area (Å²) in [4.78, 5) is 183. The van der Waals surface area contributed by atoms with E-state index in [2.05, 4.69) is 138 Å². The van der Waals surface area contributed by atoms with Crippen LogP contribution in [0, 0.1) is 47.3 Å². The maximum atomic E-state index is 14.3. The predicted octanol–water partition coefficient (Wildman–Crippen LogP) is 11.0. The Bertz CT molecular complexity index is 3730. The zero-order chi connectivity index (χ0) is 104. The van der Waals surface area contributed by atoms with Crippen LogP contribution in [-0.2, 0) is 95.4 Å². The van der Waals surface area contributed by atoms with E-state index in [0.717, 1.165) is 70.6 Å². The van der Waals surface area contributed by atoms with Gasteiger partial charge in [-0.25, -0.2) is 0 Å². The number of ether oxygens (including phenoxy) is 9. The molecule has 810 valence electrons. The molecule has 5 rings (SSSR count). The standard InChI is InChI=1S/C105H181N13O24/c1-17-84-67(5)71(9)94(113-75(13)119)102(139-84)135-60-40-32-47-89(124)107-53-37-30-44-82(117-91(126)49-34-42-62-137-104-96(115-77(15)121)73(11)69(7)86(19-3)141-104)100(132)111-57-55-109-98(130)79-64-80(66-81(65-79)134-59-39-27-36-52-106-88(123)46-28-25-23-21-22-24-26-29-51-93(128)129)99(131)110-56-58-112-101(133)83(118-92(127)50-35-43-63-138-105-97(116-78(16)122)74(12)70(8)87(20-4)142-105)45-31-38-54-108-90(125)48-33-41-61-136-103-95(114-76(14)120)72(10)68(6)85(18-2)140-103/h64-74,82-87,94-97,102-105H,17-63H2,1-16H3,(H,106,123)(H,107,124)(H,108,125)(H,109,130)(H,110,131)(H,111,132)(H,112,133)(H,113,119)(H,114,120)(H,115,121)(H,116,122)(H,117,126)(H,118,127)(H,128,129)/t67?,68?,69?,70?,71?,72?,73?,74?,82-,83-,84?,85?,86?,87?,94?,95?,96?,97?,102?,103?,104?,105?/m0/s1. The van der Waals surface area contributed by atoms with Crippen molar-refractivity contribution in [3.05, 3.63) is 29.3 Å². The maximum Gasteiger partial charge on any atom is 0.303 e. The van der Waals surface area contributed by atoms with E-state index in [1.54, 1.807) is 0 Å². The topological polar surface area (TPSA) is 499 Å². The Balaban J connectivity index is 1.23. The molecular weight excluding hydrogens is 1830 g/mol. The van der Waals surface area contributed by atoms with E-state index in [1.165, 1.54) is 45.9 Å². The van der Waals surface area contributed by atoms with E-state index < -0.39 is 66.8 Å². The number of carboxylic acids is 1. The molecule has 0 aromatic heterocycles. The van der Waals surface area contributed by atoms with E-state index in [0.29, 0.717) is 142 Å². The lowest BCUT2D eigenvalue weighted by Crippen LogP contribution is -2.57. The molecule has 1 aromatic carbocycles. The van der Waals surface area contributed by atoms with Crippen LogP contribution in [0.1, 0.15) is 356 Å². The number of benzene rings is 1. The van der Waals surface area contributed by atoms with E-state index in [4.69, 9.17) is 47.7 Å². The number of amides is 13. The van der Waals surface area contributed by atoms with Crippen molar-refractivity contribution in [2.45, 2.75) is 421 Å². The molecule has 0 aliphatic carbocycles. The maximum absolute atomic E-state index is 14.3. The first-order valence-corrected chi connectivity index (χ1v) is 53.7. The highest BCUT2D eigenvalue weighted by atomic mass is 16.7. The van der Waals surface area contributed by atoms with Gasteiger partial charge in [-0.1, -0.05) is 122 Å². The fourth-order valence-electron chi connectivity index (χ4n) is 19.0. The second-order valence-corrected chi connectivity index (χ2v) is 39.6. The number of unbranched alkanes of at least 4 members (excludes halogenated alkanes) is 15. The second-order valence-electron chi connectivity index (χ2n) is 39.6. The molecule has 4 saturated heterocycles. The van der Waals surface area contributed by atoms with Crippen molar-refractivity contribution in [3.8, 4) is 5.75 Å². The largest absolute Gasteiger partial charge is 0.494 e. The minimum atomic E-state index is -0.995. The lowest BCUT2D eigenvalue weighted by atomic mass is 9.81. The molecule has 0 saturated carbocycles. The number of carbonyl (C=O) groups excluding carboxylic acids is 13. The van der Waals surface area contributed by atoms with E-state index in [-0.39, 0.29) is 257 Å². The molecule has 22 atom stereocenters. The molecule has 14 N–H and O–H groups in total. The summed E-state index contributed by atoms with van der Waals surface area (Å²) in [5.74, 6) is -3.37. The Kier molecular flexibility index (Phi) is 61.1. The third-order valence-corrected chi connectivity index (χ3v) is 28.3. The number of hydrogen-bond acceptors (Lipinski definition) is 23. The predicted molar refractivity (Wildman–Crippen MR) is 540 cm³/mol. The van der Waals surface area contributed by atoms with Crippen molar-refractivity contribution in [3.63, 3.8) is 0 Å². The number of aliphatic carboxylic acids is 1. The molecule has 13 amide bonds. The summed E-state index contributed by atoms with van der Waals surface area (Å²) in [7, 11) is 0. The van der Waals surface area contributed by atoms with Crippen LogP contribution in [0.5, 0.6) is 5.75 Å². The highest BCUT2D eigenvalue weighted by Crippen LogP contribution is 2.38. The van der Waals surface area contributed by atoms with E-state index in [1.807, 2.05) is 13.8 Å². The van der Waals surface area contributed by atoms with Gasteiger partial charge in [-0.05, 0) is 213 Å². The number of carboxylic acid groups (broad SMARTS) is 1. The van der Waals surface area contributed by atoms with Crippen LogP contribution in [-0.4, -0.2) is 253 Å².